The van der Waals surface area contributed by atoms with Gasteiger partial charge in [-0.15, -0.1) is 0 Å². The molecule has 3 nitrogen and oxygen atoms in total. The van der Waals surface area contributed by atoms with Crippen LogP contribution >= 0.6 is 0 Å². The lowest BCUT2D eigenvalue weighted by Gasteiger charge is -2.25. The number of benzene rings is 1. The second-order valence-electron chi connectivity index (χ2n) is 4.87. The largest absolute Gasteiger partial charge is 0.419 e. The van der Waals surface area contributed by atoms with Gasteiger partial charge in [-0.2, -0.15) is 13.2 Å². The lowest BCUT2D eigenvalue weighted by Crippen LogP contribution is -2.48. The minimum Gasteiger partial charge on any atom is -0.379 e. The molecular weight excluding hydrogens is 259 g/mol. The monoisotopic (exact) mass is 273 g/mol. The third kappa shape index (κ3) is 2.58. The Morgan fingerprint density at radius 1 is 1.32 bits per heavy atom. The van der Waals surface area contributed by atoms with Crippen LogP contribution in [-0.2, 0) is 0 Å². The molecule has 1 N–H and O–H groups in total. The molecule has 1 fully saturated rings. The smallest absolute Gasteiger partial charge is 0.379 e. The molecule has 0 unspecified atom stereocenters. The second-order valence-corrected chi connectivity index (χ2v) is 4.87. The van der Waals surface area contributed by atoms with Gasteiger partial charge in [0.1, 0.15) is 0 Å². The van der Waals surface area contributed by atoms with E-state index in [4.69, 9.17) is 0 Å². The van der Waals surface area contributed by atoms with E-state index in [0.29, 0.717) is 5.56 Å². The van der Waals surface area contributed by atoms with Gasteiger partial charge in [-0.25, -0.2) is 0 Å². The van der Waals surface area contributed by atoms with E-state index in [2.05, 4.69) is 0 Å². The molecule has 1 heterocycles. The summed E-state index contributed by atoms with van der Waals surface area (Å²) < 4.78 is 37.9. The topological polar surface area (TPSA) is 40.5 Å². The predicted octanol–water partition coefficient (Wildman–Crippen LogP) is 2.13. The summed E-state index contributed by atoms with van der Waals surface area (Å²) in [7, 11) is 0. The molecule has 0 radical (unpaired) electrons. The summed E-state index contributed by atoms with van der Waals surface area (Å²) in [5.74, 6) is -0.486. The molecule has 1 aliphatic rings. The fraction of sp³-hybridized carbons (Fsp3) is 0.462. The van der Waals surface area contributed by atoms with Crippen molar-refractivity contribution >= 4 is 5.91 Å². The molecule has 0 aliphatic carbocycles. The summed E-state index contributed by atoms with van der Waals surface area (Å²) in [6, 6.07) is 6.59. The van der Waals surface area contributed by atoms with Crippen molar-refractivity contribution in [2.24, 2.45) is 0 Å². The van der Waals surface area contributed by atoms with Crippen molar-refractivity contribution in [3.05, 3.63) is 35.4 Å². The van der Waals surface area contributed by atoms with Crippen molar-refractivity contribution in [3.63, 3.8) is 0 Å². The lowest BCUT2D eigenvalue weighted by molar-refractivity contribution is -0.253. The molecule has 0 aromatic heterocycles. The molecule has 2 rings (SSSR count). The Morgan fingerprint density at radius 3 is 2.37 bits per heavy atom. The number of hydrogen-bond donors (Lipinski definition) is 1. The van der Waals surface area contributed by atoms with Crippen molar-refractivity contribution in [2.75, 3.05) is 13.1 Å². The number of likely N-dealkylation sites (tertiary alicyclic amines) is 1. The Hall–Kier alpha value is -1.56. The molecule has 104 valence electrons. The number of aryl methyl sites for hydroxylation is 1. The maximum Gasteiger partial charge on any atom is 0.419 e. The summed E-state index contributed by atoms with van der Waals surface area (Å²) in [4.78, 5) is 13.1. The van der Waals surface area contributed by atoms with Gasteiger partial charge in [0.25, 0.3) is 5.91 Å². The van der Waals surface area contributed by atoms with Gasteiger partial charge in [0.05, 0.1) is 6.54 Å². The predicted molar refractivity (Wildman–Crippen MR) is 62.7 cm³/mol. The van der Waals surface area contributed by atoms with Crippen molar-refractivity contribution in [2.45, 2.75) is 25.1 Å². The molecule has 1 atom stereocenters. The zero-order valence-electron chi connectivity index (χ0n) is 10.4. The van der Waals surface area contributed by atoms with Crippen LogP contribution in [0.4, 0.5) is 13.2 Å². The molecule has 1 saturated heterocycles. The molecule has 1 aromatic rings. The van der Waals surface area contributed by atoms with Crippen LogP contribution in [0.3, 0.4) is 0 Å². The van der Waals surface area contributed by atoms with Gasteiger partial charge < -0.3 is 10.0 Å². The van der Waals surface area contributed by atoms with Gasteiger partial charge in [-0.3, -0.25) is 4.79 Å². The van der Waals surface area contributed by atoms with Gasteiger partial charge in [0, 0.05) is 18.5 Å². The van der Waals surface area contributed by atoms with E-state index in [9.17, 15) is 23.1 Å². The number of β-amino-alcohol motifs (C(OH)–C–C–N with tert-alkyl or cyclic N) is 1. The number of hydrogen-bond acceptors (Lipinski definition) is 2. The molecule has 6 heteroatoms. The van der Waals surface area contributed by atoms with Gasteiger partial charge in [-0.05, 0) is 19.1 Å². The first-order valence-corrected chi connectivity index (χ1v) is 5.88. The van der Waals surface area contributed by atoms with Crippen LogP contribution in [0.2, 0.25) is 0 Å². The average Bonchev–Trinajstić information content (AvgIpc) is 2.73. The third-order valence-electron chi connectivity index (χ3n) is 3.36. The normalized spacial score (nSPS) is 23.7. The van der Waals surface area contributed by atoms with Gasteiger partial charge in [0.2, 0.25) is 0 Å². The van der Waals surface area contributed by atoms with Crippen molar-refractivity contribution in [1.82, 2.24) is 4.90 Å². The number of amides is 1. The summed E-state index contributed by atoms with van der Waals surface area (Å²) >= 11 is 0. The highest BCUT2D eigenvalue weighted by molar-refractivity contribution is 5.94. The van der Waals surface area contributed by atoms with Crippen LogP contribution in [-0.4, -0.2) is 40.8 Å². The maximum atomic E-state index is 12.6. The number of aliphatic hydroxyl groups is 1. The third-order valence-corrected chi connectivity index (χ3v) is 3.36. The zero-order chi connectivity index (χ0) is 14.3. The van der Waals surface area contributed by atoms with E-state index in [1.54, 1.807) is 24.3 Å². The Morgan fingerprint density at radius 2 is 1.89 bits per heavy atom. The van der Waals surface area contributed by atoms with Crippen LogP contribution < -0.4 is 0 Å². The second kappa shape index (κ2) is 4.52. The van der Waals surface area contributed by atoms with E-state index < -0.39 is 30.7 Å². The molecule has 19 heavy (non-hydrogen) atoms. The first kappa shape index (κ1) is 13.9. The van der Waals surface area contributed by atoms with Crippen LogP contribution in [0, 0.1) is 6.92 Å². The highest BCUT2D eigenvalue weighted by Gasteiger charge is 2.57. The van der Waals surface area contributed by atoms with E-state index in [0.717, 1.165) is 10.5 Å². The van der Waals surface area contributed by atoms with E-state index >= 15 is 0 Å². The number of rotatable bonds is 1. The average molecular weight is 273 g/mol. The summed E-state index contributed by atoms with van der Waals surface area (Å²) in [6.45, 7) is 1.05. The standard InChI is InChI=1S/C13H14F3NO2/c1-9-2-4-10(5-3-9)11(18)17-7-6-12(19,8-17)13(14,15)16/h2-5,19H,6-8H2,1H3/t12-/m1/s1. The van der Waals surface area contributed by atoms with Crippen molar-refractivity contribution in [1.29, 1.82) is 0 Å². The fourth-order valence-electron chi connectivity index (χ4n) is 2.08. The SMILES string of the molecule is Cc1ccc(C(=O)N2CC[C@](O)(C(F)(F)F)C2)cc1. The molecule has 1 aromatic carbocycles. The molecule has 0 bridgehead atoms. The Labute approximate surface area is 108 Å². The lowest BCUT2D eigenvalue weighted by atomic mass is 10.0. The van der Waals surface area contributed by atoms with Crippen LogP contribution in [0.1, 0.15) is 22.3 Å². The Balaban J connectivity index is 2.13. The zero-order valence-corrected chi connectivity index (χ0v) is 10.4. The minimum atomic E-state index is -4.71. The van der Waals surface area contributed by atoms with E-state index in [-0.39, 0.29) is 6.54 Å². The van der Waals surface area contributed by atoms with E-state index in [1.165, 1.54) is 0 Å². The Kier molecular flexibility index (Phi) is 3.30. The summed E-state index contributed by atoms with van der Waals surface area (Å²) in [6.07, 6.45) is -5.19. The number of halogens is 3. The quantitative estimate of drug-likeness (QED) is 0.851. The first-order valence-electron chi connectivity index (χ1n) is 5.88. The van der Waals surface area contributed by atoms with Crippen molar-refractivity contribution < 1.29 is 23.1 Å². The highest BCUT2D eigenvalue weighted by atomic mass is 19.4. The van der Waals surface area contributed by atoms with Crippen LogP contribution in [0.5, 0.6) is 0 Å². The van der Waals surface area contributed by atoms with Gasteiger partial charge in [-0.1, -0.05) is 17.7 Å². The number of carbonyl (C=O) groups is 1. The summed E-state index contributed by atoms with van der Waals surface area (Å²) in [5, 5.41) is 9.52. The highest BCUT2D eigenvalue weighted by Crippen LogP contribution is 2.37. The Bertz CT molecular complexity index is 484. The maximum absolute atomic E-state index is 12.6. The molecule has 0 spiro atoms. The van der Waals surface area contributed by atoms with Crippen LogP contribution in [0.15, 0.2) is 24.3 Å². The fourth-order valence-corrected chi connectivity index (χ4v) is 2.08. The van der Waals surface area contributed by atoms with Gasteiger partial charge in [0.15, 0.2) is 5.60 Å². The minimum absolute atomic E-state index is 0.0945. The summed E-state index contributed by atoms with van der Waals surface area (Å²) in [5.41, 5.74) is -1.49. The van der Waals surface area contributed by atoms with E-state index in [1.807, 2.05) is 6.92 Å². The molecule has 1 aliphatic heterocycles. The number of nitrogens with zero attached hydrogens (tertiary/aromatic N) is 1. The van der Waals surface area contributed by atoms with Crippen LogP contribution in [0.25, 0.3) is 0 Å². The molecule has 0 saturated carbocycles. The van der Waals surface area contributed by atoms with Gasteiger partial charge >= 0.3 is 6.18 Å². The number of carbonyl (C=O) groups excluding carboxylic acids is 1. The van der Waals surface area contributed by atoms with Crippen molar-refractivity contribution in [3.8, 4) is 0 Å². The first-order chi connectivity index (χ1) is 8.73. The number of alkyl halides is 3. The molecule has 1 amide bonds. The molecular formula is C13H14F3NO2.